The standard InChI is InChI=1S/C16H16FN5/c17-12-3-1-11(2-4-12)15-19-13-5-6-14(20-16(13)21-15)22-9-7-18-8-10-22/h1-6,18H,7-10H2,(H,19,20,21). The van der Waals surface area contributed by atoms with Crippen molar-refractivity contribution in [3.05, 3.63) is 42.2 Å². The van der Waals surface area contributed by atoms with E-state index < -0.39 is 0 Å². The van der Waals surface area contributed by atoms with E-state index in [0.717, 1.165) is 43.1 Å². The second kappa shape index (κ2) is 5.38. The first-order valence-electron chi connectivity index (χ1n) is 7.38. The van der Waals surface area contributed by atoms with E-state index in [9.17, 15) is 4.39 Å². The predicted molar refractivity (Wildman–Crippen MR) is 84.4 cm³/mol. The van der Waals surface area contributed by atoms with Gasteiger partial charge in [-0.25, -0.2) is 14.4 Å². The van der Waals surface area contributed by atoms with Gasteiger partial charge in [0, 0.05) is 31.7 Å². The summed E-state index contributed by atoms with van der Waals surface area (Å²) in [6.45, 7) is 3.85. The minimum Gasteiger partial charge on any atom is -0.354 e. The molecule has 1 fully saturated rings. The number of halogens is 1. The molecule has 22 heavy (non-hydrogen) atoms. The van der Waals surface area contributed by atoms with E-state index in [1.165, 1.54) is 12.1 Å². The highest BCUT2D eigenvalue weighted by molar-refractivity contribution is 5.77. The average Bonchev–Trinajstić information content (AvgIpc) is 2.99. The second-order valence-corrected chi connectivity index (χ2v) is 5.37. The molecule has 0 saturated carbocycles. The summed E-state index contributed by atoms with van der Waals surface area (Å²) in [6.07, 6.45) is 0. The summed E-state index contributed by atoms with van der Waals surface area (Å²) in [7, 11) is 0. The third-order valence-corrected chi connectivity index (χ3v) is 3.89. The van der Waals surface area contributed by atoms with Gasteiger partial charge in [-0.2, -0.15) is 0 Å². The number of hydrogen-bond acceptors (Lipinski definition) is 4. The first kappa shape index (κ1) is 13.2. The Morgan fingerprint density at radius 3 is 2.50 bits per heavy atom. The molecule has 0 amide bonds. The fraction of sp³-hybridized carbons (Fsp3) is 0.250. The van der Waals surface area contributed by atoms with Crippen LogP contribution in [0.3, 0.4) is 0 Å². The van der Waals surface area contributed by atoms with Crippen molar-refractivity contribution in [2.24, 2.45) is 0 Å². The Kier molecular flexibility index (Phi) is 3.23. The van der Waals surface area contributed by atoms with E-state index in [4.69, 9.17) is 0 Å². The number of aromatic nitrogens is 3. The number of benzene rings is 1. The molecule has 3 aromatic rings. The number of fused-ring (bicyclic) bond motifs is 1. The number of aromatic amines is 1. The zero-order valence-electron chi connectivity index (χ0n) is 12.0. The molecule has 1 aliphatic rings. The number of nitrogens with zero attached hydrogens (tertiary/aromatic N) is 3. The fourth-order valence-electron chi connectivity index (χ4n) is 2.70. The number of nitrogens with one attached hydrogen (secondary N) is 2. The van der Waals surface area contributed by atoms with Gasteiger partial charge in [-0.15, -0.1) is 0 Å². The van der Waals surface area contributed by atoms with Crippen molar-refractivity contribution in [3.63, 3.8) is 0 Å². The number of piperazine rings is 1. The molecule has 1 aliphatic heterocycles. The van der Waals surface area contributed by atoms with E-state index in [-0.39, 0.29) is 5.82 Å². The molecule has 3 heterocycles. The topological polar surface area (TPSA) is 56.8 Å². The number of H-pyrrole nitrogens is 1. The molecular formula is C16H16FN5. The van der Waals surface area contributed by atoms with Crippen LogP contribution in [0, 0.1) is 5.82 Å². The van der Waals surface area contributed by atoms with Crippen molar-refractivity contribution in [3.8, 4) is 11.4 Å². The molecule has 2 aromatic heterocycles. The summed E-state index contributed by atoms with van der Waals surface area (Å²) in [4.78, 5) is 14.7. The third-order valence-electron chi connectivity index (χ3n) is 3.89. The van der Waals surface area contributed by atoms with Crippen LogP contribution in [-0.4, -0.2) is 41.1 Å². The third kappa shape index (κ3) is 2.42. The smallest absolute Gasteiger partial charge is 0.180 e. The van der Waals surface area contributed by atoms with Crippen LogP contribution in [0.25, 0.3) is 22.6 Å². The van der Waals surface area contributed by atoms with Gasteiger partial charge < -0.3 is 15.2 Å². The van der Waals surface area contributed by atoms with E-state index in [2.05, 4.69) is 25.2 Å². The summed E-state index contributed by atoms with van der Waals surface area (Å²) in [5.74, 6) is 1.41. The van der Waals surface area contributed by atoms with Crippen LogP contribution < -0.4 is 10.2 Å². The van der Waals surface area contributed by atoms with Gasteiger partial charge in [0.2, 0.25) is 0 Å². The number of rotatable bonds is 2. The lowest BCUT2D eigenvalue weighted by atomic mass is 10.2. The van der Waals surface area contributed by atoms with Crippen LogP contribution in [-0.2, 0) is 0 Å². The summed E-state index contributed by atoms with van der Waals surface area (Å²) in [6, 6.07) is 10.3. The Labute approximate surface area is 127 Å². The lowest BCUT2D eigenvalue weighted by Gasteiger charge is -2.28. The molecule has 0 unspecified atom stereocenters. The van der Waals surface area contributed by atoms with Crippen molar-refractivity contribution < 1.29 is 4.39 Å². The van der Waals surface area contributed by atoms with Crippen molar-refractivity contribution >= 4 is 17.0 Å². The van der Waals surface area contributed by atoms with Crippen LogP contribution in [0.15, 0.2) is 36.4 Å². The Bertz CT molecular complexity index is 790. The Hall–Kier alpha value is -2.47. The normalized spacial score (nSPS) is 15.4. The van der Waals surface area contributed by atoms with Gasteiger partial charge in [0.05, 0.1) is 5.52 Å². The second-order valence-electron chi connectivity index (χ2n) is 5.37. The lowest BCUT2D eigenvalue weighted by molar-refractivity contribution is 0.585. The molecule has 1 saturated heterocycles. The average molecular weight is 297 g/mol. The maximum atomic E-state index is 13.0. The molecule has 4 rings (SSSR count). The van der Waals surface area contributed by atoms with E-state index in [1.807, 2.05) is 12.1 Å². The molecule has 0 atom stereocenters. The van der Waals surface area contributed by atoms with E-state index >= 15 is 0 Å². The molecule has 2 N–H and O–H groups in total. The minimum atomic E-state index is -0.251. The van der Waals surface area contributed by atoms with Crippen LogP contribution in [0.1, 0.15) is 0 Å². The zero-order valence-corrected chi connectivity index (χ0v) is 12.0. The molecule has 0 spiro atoms. The number of hydrogen-bond donors (Lipinski definition) is 2. The Balaban J connectivity index is 1.69. The van der Waals surface area contributed by atoms with Crippen LogP contribution in [0.4, 0.5) is 10.2 Å². The highest BCUT2D eigenvalue weighted by Crippen LogP contribution is 2.22. The number of anilines is 1. The fourth-order valence-corrected chi connectivity index (χ4v) is 2.70. The predicted octanol–water partition coefficient (Wildman–Crippen LogP) is 2.17. The van der Waals surface area contributed by atoms with Crippen LogP contribution >= 0.6 is 0 Å². The zero-order chi connectivity index (χ0) is 14.9. The van der Waals surface area contributed by atoms with Crippen LogP contribution in [0.5, 0.6) is 0 Å². The highest BCUT2D eigenvalue weighted by atomic mass is 19.1. The van der Waals surface area contributed by atoms with Gasteiger partial charge >= 0.3 is 0 Å². The van der Waals surface area contributed by atoms with Gasteiger partial charge in [0.15, 0.2) is 5.65 Å². The molecule has 6 heteroatoms. The quantitative estimate of drug-likeness (QED) is 0.761. The number of pyridine rings is 1. The lowest BCUT2D eigenvalue weighted by Crippen LogP contribution is -2.43. The maximum absolute atomic E-state index is 13.0. The SMILES string of the molecule is Fc1ccc(-c2nc3nc(N4CCNCC4)ccc3[nH]2)cc1. The first-order valence-corrected chi connectivity index (χ1v) is 7.38. The molecule has 0 radical (unpaired) electrons. The Morgan fingerprint density at radius 2 is 1.73 bits per heavy atom. The summed E-state index contributed by atoms with van der Waals surface area (Å²) >= 11 is 0. The summed E-state index contributed by atoms with van der Waals surface area (Å²) in [5.41, 5.74) is 2.43. The van der Waals surface area contributed by atoms with Crippen molar-refractivity contribution in [1.29, 1.82) is 0 Å². The van der Waals surface area contributed by atoms with Crippen molar-refractivity contribution in [2.45, 2.75) is 0 Å². The van der Waals surface area contributed by atoms with Gasteiger partial charge in [-0.1, -0.05) is 0 Å². The molecule has 0 aliphatic carbocycles. The van der Waals surface area contributed by atoms with Gasteiger partial charge in [-0.05, 0) is 36.4 Å². The maximum Gasteiger partial charge on any atom is 0.180 e. The molecular weight excluding hydrogens is 281 g/mol. The highest BCUT2D eigenvalue weighted by Gasteiger charge is 2.13. The van der Waals surface area contributed by atoms with Gasteiger partial charge in [-0.3, -0.25) is 0 Å². The van der Waals surface area contributed by atoms with Gasteiger partial charge in [0.25, 0.3) is 0 Å². The summed E-state index contributed by atoms with van der Waals surface area (Å²) < 4.78 is 13.0. The van der Waals surface area contributed by atoms with E-state index in [0.29, 0.717) is 11.5 Å². The molecule has 1 aromatic carbocycles. The first-order chi connectivity index (χ1) is 10.8. The van der Waals surface area contributed by atoms with Crippen molar-refractivity contribution in [2.75, 3.05) is 31.1 Å². The van der Waals surface area contributed by atoms with E-state index in [1.54, 1.807) is 12.1 Å². The van der Waals surface area contributed by atoms with Gasteiger partial charge in [0.1, 0.15) is 17.5 Å². The molecule has 112 valence electrons. The van der Waals surface area contributed by atoms with Crippen LogP contribution in [0.2, 0.25) is 0 Å². The van der Waals surface area contributed by atoms with Crippen molar-refractivity contribution in [1.82, 2.24) is 20.3 Å². The number of imidazole rings is 1. The monoisotopic (exact) mass is 297 g/mol. The molecule has 5 nitrogen and oxygen atoms in total. The Morgan fingerprint density at radius 1 is 0.955 bits per heavy atom. The summed E-state index contributed by atoms with van der Waals surface area (Å²) in [5, 5.41) is 3.33. The largest absolute Gasteiger partial charge is 0.354 e. The minimum absolute atomic E-state index is 0.251. The molecule has 0 bridgehead atoms.